The Kier molecular flexibility index (Phi) is 6.96. The molecule has 2 aromatic heterocycles. The number of carbonyl (C=O) groups excluding carboxylic acids is 1. The summed E-state index contributed by atoms with van der Waals surface area (Å²) in [5.41, 5.74) is 3.97. The topological polar surface area (TPSA) is 98.5 Å². The van der Waals surface area contributed by atoms with Crippen LogP contribution in [0.4, 0.5) is 5.13 Å². The number of nitrogens with one attached hydrogen (secondary N) is 1. The first-order chi connectivity index (χ1) is 15.7. The SMILES string of the molecule is CCCCC(=O)n1nnnc1-c1ccccc1-c1ccc(CNc2nnc(CC)s2)cc1. The maximum absolute atomic E-state index is 12.6. The van der Waals surface area contributed by atoms with Crippen molar-refractivity contribution in [3.05, 3.63) is 59.1 Å². The number of hydrogen-bond acceptors (Lipinski definition) is 8. The number of anilines is 1. The number of nitrogens with zero attached hydrogens (tertiary/aromatic N) is 6. The molecule has 1 N–H and O–H groups in total. The van der Waals surface area contributed by atoms with Crippen molar-refractivity contribution in [2.75, 3.05) is 5.32 Å². The highest BCUT2D eigenvalue weighted by Crippen LogP contribution is 2.31. The molecule has 2 heterocycles. The van der Waals surface area contributed by atoms with Gasteiger partial charge in [0.25, 0.3) is 0 Å². The number of benzene rings is 2. The van der Waals surface area contributed by atoms with Gasteiger partial charge in [0.1, 0.15) is 5.01 Å². The van der Waals surface area contributed by atoms with Gasteiger partial charge in [-0.1, -0.05) is 80.1 Å². The van der Waals surface area contributed by atoms with Gasteiger partial charge in [0.2, 0.25) is 11.0 Å². The van der Waals surface area contributed by atoms with Crippen molar-refractivity contribution in [1.82, 2.24) is 30.4 Å². The Balaban J connectivity index is 1.54. The summed E-state index contributed by atoms with van der Waals surface area (Å²) in [5, 5.41) is 25.3. The average molecular weight is 448 g/mol. The number of hydrogen-bond donors (Lipinski definition) is 1. The molecule has 2 aromatic carbocycles. The van der Waals surface area contributed by atoms with Crippen molar-refractivity contribution < 1.29 is 4.79 Å². The van der Waals surface area contributed by atoms with Crippen LogP contribution in [0.1, 0.15) is 48.5 Å². The third kappa shape index (κ3) is 4.88. The third-order valence-electron chi connectivity index (χ3n) is 5.10. The minimum absolute atomic E-state index is 0.0917. The second kappa shape index (κ2) is 10.2. The molecule has 0 radical (unpaired) electrons. The number of tetrazole rings is 1. The molecule has 0 aliphatic carbocycles. The Labute approximate surface area is 190 Å². The molecule has 0 spiro atoms. The highest BCUT2D eigenvalue weighted by atomic mass is 32.1. The monoisotopic (exact) mass is 447 g/mol. The molecule has 0 amide bonds. The van der Waals surface area contributed by atoms with Crippen LogP contribution < -0.4 is 5.32 Å². The van der Waals surface area contributed by atoms with Crippen LogP contribution in [0.25, 0.3) is 22.5 Å². The van der Waals surface area contributed by atoms with Gasteiger partial charge in [0, 0.05) is 18.5 Å². The maximum atomic E-state index is 12.6. The molecular formula is C23H25N7OS. The Morgan fingerprint density at radius 2 is 1.78 bits per heavy atom. The summed E-state index contributed by atoms with van der Waals surface area (Å²) >= 11 is 1.58. The number of carbonyl (C=O) groups is 1. The highest BCUT2D eigenvalue weighted by molar-refractivity contribution is 7.15. The lowest BCUT2D eigenvalue weighted by Crippen LogP contribution is -2.14. The average Bonchev–Trinajstić information content (AvgIpc) is 3.51. The van der Waals surface area contributed by atoms with Gasteiger partial charge >= 0.3 is 0 Å². The van der Waals surface area contributed by atoms with E-state index in [9.17, 15) is 4.79 Å². The summed E-state index contributed by atoms with van der Waals surface area (Å²) in [5.74, 6) is 0.376. The van der Waals surface area contributed by atoms with Crippen LogP contribution in [0.2, 0.25) is 0 Å². The zero-order chi connectivity index (χ0) is 22.3. The van der Waals surface area contributed by atoms with E-state index in [0.29, 0.717) is 18.8 Å². The van der Waals surface area contributed by atoms with Crippen molar-refractivity contribution in [2.24, 2.45) is 0 Å². The van der Waals surface area contributed by atoms with Crippen molar-refractivity contribution in [3.63, 3.8) is 0 Å². The van der Waals surface area contributed by atoms with Crippen LogP contribution in [0, 0.1) is 0 Å². The van der Waals surface area contributed by atoms with E-state index in [1.54, 1.807) is 11.3 Å². The first-order valence-electron chi connectivity index (χ1n) is 10.8. The molecule has 9 heteroatoms. The second-order valence-corrected chi connectivity index (χ2v) is 8.42. The normalized spacial score (nSPS) is 10.9. The first kappa shape index (κ1) is 21.8. The van der Waals surface area contributed by atoms with E-state index in [0.717, 1.165) is 51.7 Å². The predicted molar refractivity (Wildman–Crippen MR) is 125 cm³/mol. The van der Waals surface area contributed by atoms with Gasteiger partial charge in [0.15, 0.2) is 5.82 Å². The van der Waals surface area contributed by atoms with Crippen LogP contribution in [-0.2, 0) is 13.0 Å². The lowest BCUT2D eigenvalue weighted by atomic mass is 9.98. The van der Waals surface area contributed by atoms with Crippen LogP contribution in [0.15, 0.2) is 48.5 Å². The predicted octanol–water partition coefficient (Wildman–Crippen LogP) is 4.86. The standard InChI is InChI=1S/C23H25N7OS/c1-3-5-10-21(31)30-22(26-28-29-30)19-9-7-6-8-18(19)17-13-11-16(12-14-17)15-24-23-27-25-20(4-2)32-23/h6-9,11-14H,3-5,10,15H2,1-2H3,(H,24,27). The third-order valence-corrected chi connectivity index (χ3v) is 6.12. The van der Waals surface area contributed by atoms with Gasteiger partial charge in [-0.2, -0.15) is 4.68 Å². The van der Waals surface area contributed by atoms with Gasteiger partial charge in [-0.05, 0) is 40.0 Å². The van der Waals surface area contributed by atoms with E-state index in [-0.39, 0.29) is 5.91 Å². The van der Waals surface area contributed by atoms with E-state index < -0.39 is 0 Å². The molecule has 0 atom stereocenters. The summed E-state index contributed by atoms with van der Waals surface area (Å²) < 4.78 is 1.32. The largest absolute Gasteiger partial charge is 0.356 e. The van der Waals surface area contributed by atoms with Crippen LogP contribution in [0.3, 0.4) is 0 Å². The molecule has 4 rings (SSSR count). The second-order valence-electron chi connectivity index (χ2n) is 7.36. The summed E-state index contributed by atoms with van der Waals surface area (Å²) in [6, 6.07) is 16.2. The molecule has 4 aromatic rings. The molecule has 0 unspecified atom stereocenters. The minimum atomic E-state index is -0.0917. The Hall–Kier alpha value is -3.46. The van der Waals surface area contributed by atoms with Gasteiger partial charge in [0.05, 0.1) is 0 Å². The molecule has 32 heavy (non-hydrogen) atoms. The number of aromatic nitrogens is 6. The Bertz CT molecular complexity index is 1180. The first-order valence-corrected chi connectivity index (χ1v) is 11.6. The molecule has 0 saturated carbocycles. The van der Waals surface area contributed by atoms with Crippen molar-refractivity contribution in [1.29, 1.82) is 0 Å². The molecule has 0 bridgehead atoms. The molecule has 0 aliphatic heterocycles. The fraction of sp³-hybridized carbons (Fsp3) is 0.304. The molecule has 0 saturated heterocycles. The van der Waals surface area contributed by atoms with Crippen molar-refractivity contribution in [2.45, 2.75) is 46.1 Å². The molecular weight excluding hydrogens is 422 g/mol. The van der Waals surface area contributed by atoms with Gasteiger partial charge in [-0.3, -0.25) is 4.79 Å². The quantitative estimate of drug-likeness (QED) is 0.366. The van der Waals surface area contributed by atoms with E-state index in [1.807, 2.05) is 24.3 Å². The van der Waals surface area contributed by atoms with E-state index >= 15 is 0 Å². The molecule has 164 valence electrons. The number of rotatable bonds is 9. The van der Waals surface area contributed by atoms with Crippen molar-refractivity contribution in [3.8, 4) is 22.5 Å². The Morgan fingerprint density at radius 3 is 2.50 bits per heavy atom. The summed E-state index contributed by atoms with van der Waals surface area (Å²) in [4.78, 5) is 12.6. The van der Waals surface area contributed by atoms with Crippen LogP contribution >= 0.6 is 11.3 Å². The Morgan fingerprint density at radius 1 is 1.00 bits per heavy atom. The lowest BCUT2D eigenvalue weighted by Gasteiger charge is -2.10. The lowest BCUT2D eigenvalue weighted by molar-refractivity contribution is 0.0883. The number of aryl methyl sites for hydroxylation is 1. The molecule has 0 fully saturated rings. The minimum Gasteiger partial charge on any atom is -0.356 e. The molecule has 8 nitrogen and oxygen atoms in total. The van der Waals surface area contributed by atoms with E-state index in [2.05, 4.69) is 69.2 Å². The van der Waals surface area contributed by atoms with E-state index in [4.69, 9.17) is 0 Å². The highest BCUT2D eigenvalue weighted by Gasteiger charge is 2.18. The van der Waals surface area contributed by atoms with Gasteiger partial charge in [-0.15, -0.1) is 15.3 Å². The smallest absolute Gasteiger partial charge is 0.250 e. The van der Waals surface area contributed by atoms with Gasteiger partial charge < -0.3 is 5.32 Å². The van der Waals surface area contributed by atoms with Gasteiger partial charge in [-0.25, -0.2) is 0 Å². The van der Waals surface area contributed by atoms with Crippen molar-refractivity contribution >= 4 is 22.4 Å². The fourth-order valence-electron chi connectivity index (χ4n) is 3.33. The maximum Gasteiger partial charge on any atom is 0.250 e. The zero-order valence-electron chi connectivity index (χ0n) is 18.2. The van der Waals surface area contributed by atoms with Crippen LogP contribution in [0.5, 0.6) is 0 Å². The molecule has 0 aliphatic rings. The summed E-state index contributed by atoms with van der Waals surface area (Å²) in [7, 11) is 0. The van der Waals surface area contributed by atoms with Crippen LogP contribution in [-0.4, -0.2) is 36.3 Å². The fourth-order valence-corrected chi connectivity index (χ4v) is 4.01. The number of unbranched alkanes of at least 4 members (excludes halogenated alkanes) is 1. The summed E-state index contributed by atoms with van der Waals surface area (Å²) in [6.45, 7) is 4.80. The summed E-state index contributed by atoms with van der Waals surface area (Å²) in [6.07, 6.45) is 3.07. The van der Waals surface area contributed by atoms with E-state index in [1.165, 1.54) is 4.68 Å². The zero-order valence-corrected chi connectivity index (χ0v) is 19.0.